The molecule has 2 aliphatic rings. The maximum atomic E-state index is 13.2. The van der Waals surface area contributed by atoms with E-state index in [4.69, 9.17) is 14.2 Å². The van der Waals surface area contributed by atoms with Crippen LogP contribution in [-0.2, 0) is 24.3 Å². The van der Waals surface area contributed by atoms with Crippen molar-refractivity contribution in [2.24, 2.45) is 0 Å². The number of rotatable bonds is 8. The quantitative estimate of drug-likeness (QED) is 0.544. The predicted octanol–water partition coefficient (Wildman–Crippen LogP) is 0.982. The Kier molecular flexibility index (Phi) is 7.96. The molecule has 0 spiro atoms. The van der Waals surface area contributed by atoms with Gasteiger partial charge in [-0.1, -0.05) is 0 Å². The largest absolute Gasteiger partial charge is 0.490 e. The van der Waals surface area contributed by atoms with E-state index in [1.54, 1.807) is 31.2 Å². The van der Waals surface area contributed by atoms with Crippen molar-refractivity contribution in [3.8, 4) is 5.75 Å². The van der Waals surface area contributed by atoms with Crippen LogP contribution in [0.4, 0.5) is 5.69 Å². The number of carbonyl (C=O) groups is 2. The first-order valence-electron chi connectivity index (χ1n) is 10.7. The second-order valence-electron chi connectivity index (χ2n) is 7.93. The summed E-state index contributed by atoms with van der Waals surface area (Å²) in [5.41, 5.74) is 0.606. The molecule has 11 heteroatoms. The van der Waals surface area contributed by atoms with Crippen molar-refractivity contribution < 1.29 is 32.2 Å². The van der Waals surface area contributed by atoms with Gasteiger partial charge in [0.1, 0.15) is 18.5 Å². The minimum atomic E-state index is -3.46. The zero-order valence-electron chi connectivity index (χ0n) is 18.6. The highest BCUT2D eigenvalue weighted by Crippen LogP contribution is 2.32. The number of carbonyl (C=O) groups excluding carboxylic acids is 2. The summed E-state index contributed by atoms with van der Waals surface area (Å²) in [7, 11) is -0.182. The van der Waals surface area contributed by atoms with Crippen molar-refractivity contribution in [2.45, 2.75) is 44.4 Å². The smallest absolute Gasteiger partial charge is 0.257 e. The number of hydrogen-bond acceptors (Lipinski definition) is 7. The highest BCUT2D eigenvalue weighted by molar-refractivity contribution is 7.92. The lowest BCUT2D eigenvalue weighted by atomic mass is 9.94. The fourth-order valence-electron chi connectivity index (χ4n) is 3.91. The van der Waals surface area contributed by atoms with Crippen LogP contribution in [0, 0.1) is 0 Å². The van der Waals surface area contributed by atoms with Gasteiger partial charge in [-0.05, 0) is 38.0 Å². The Morgan fingerprint density at radius 3 is 2.81 bits per heavy atom. The Balaban J connectivity index is 1.71. The van der Waals surface area contributed by atoms with Crippen molar-refractivity contribution in [2.75, 3.05) is 44.4 Å². The van der Waals surface area contributed by atoms with E-state index in [0.29, 0.717) is 43.0 Å². The summed E-state index contributed by atoms with van der Waals surface area (Å²) < 4.78 is 43.2. The molecule has 3 rings (SSSR count). The van der Waals surface area contributed by atoms with Gasteiger partial charge >= 0.3 is 0 Å². The van der Waals surface area contributed by atoms with Gasteiger partial charge in [-0.25, -0.2) is 8.42 Å². The van der Waals surface area contributed by atoms with Crippen LogP contribution < -0.4 is 14.8 Å². The molecule has 10 nitrogen and oxygen atoms in total. The Labute approximate surface area is 188 Å². The number of nitrogens with zero attached hydrogens (tertiary/aromatic N) is 1. The summed E-state index contributed by atoms with van der Waals surface area (Å²) in [5, 5.41) is 2.79. The monoisotopic (exact) mass is 469 g/mol. The SMILES string of the molecule is CCS(=O)(=O)Nc1ccc2c(c1)C(=O)N(C)[C@@H]1CC[C@@H](CC(=O)NCCOC)O[C@@H]1CO2. The molecule has 0 unspecified atom stereocenters. The fraction of sp³-hybridized carbons (Fsp3) is 0.619. The lowest BCUT2D eigenvalue weighted by Gasteiger charge is -2.42. The molecule has 1 aromatic carbocycles. The maximum Gasteiger partial charge on any atom is 0.257 e. The van der Waals surface area contributed by atoms with Crippen LogP contribution in [0.25, 0.3) is 0 Å². The molecule has 1 fully saturated rings. The van der Waals surface area contributed by atoms with Crippen LogP contribution in [0.5, 0.6) is 5.75 Å². The number of methoxy groups -OCH3 is 1. The summed E-state index contributed by atoms with van der Waals surface area (Å²) in [6.07, 6.45) is 0.919. The Hall–Kier alpha value is -2.37. The standard InChI is InChI=1S/C21H31N3O7S/c1-4-32(27,28)23-14-5-8-18-16(11-14)21(26)24(2)17-7-6-15(31-19(17)13-30-18)12-20(25)22-9-10-29-3/h5,8,11,15,17,19,23H,4,6-7,9-10,12-13H2,1-3H3,(H,22,25)/t15-,17+,19+/m0/s1. The lowest BCUT2D eigenvalue weighted by molar-refractivity contribution is -0.134. The summed E-state index contributed by atoms with van der Waals surface area (Å²) in [6, 6.07) is 4.43. The van der Waals surface area contributed by atoms with Crippen molar-refractivity contribution >= 4 is 27.5 Å². The molecule has 2 amide bonds. The van der Waals surface area contributed by atoms with Gasteiger partial charge in [0.15, 0.2) is 0 Å². The average Bonchev–Trinajstić information content (AvgIpc) is 2.76. The minimum Gasteiger partial charge on any atom is -0.490 e. The summed E-state index contributed by atoms with van der Waals surface area (Å²) in [6.45, 7) is 2.65. The van der Waals surface area contributed by atoms with Crippen LogP contribution in [-0.4, -0.2) is 83.1 Å². The highest BCUT2D eigenvalue weighted by atomic mass is 32.2. The molecule has 1 aromatic rings. The van der Waals surface area contributed by atoms with Gasteiger partial charge in [0.05, 0.1) is 36.5 Å². The third-order valence-corrected chi connectivity index (χ3v) is 7.01. The molecule has 0 saturated carbocycles. The lowest BCUT2D eigenvalue weighted by Crippen LogP contribution is -2.54. The summed E-state index contributed by atoms with van der Waals surface area (Å²) in [5.74, 6) is -0.0790. The molecule has 1 saturated heterocycles. The number of likely N-dealkylation sites (N-methyl/N-ethyl adjacent to an activating group) is 1. The average molecular weight is 470 g/mol. The number of benzene rings is 1. The van der Waals surface area contributed by atoms with Crippen LogP contribution >= 0.6 is 0 Å². The molecule has 32 heavy (non-hydrogen) atoms. The number of anilines is 1. The zero-order valence-corrected chi connectivity index (χ0v) is 19.4. The molecule has 2 heterocycles. The molecular formula is C21H31N3O7S. The molecule has 0 bridgehead atoms. The van der Waals surface area contributed by atoms with Crippen molar-refractivity contribution in [3.05, 3.63) is 23.8 Å². The fourth-order valence-corrected chi connectivity index (χ4v) is 4.54. The summed E-state index contributed by atoms with van der Waals surface area (Å²) >= 11 is 0. The van der Waals surface area contributed by atoms with Crippen molar-refractivity contribution in [1.29, 1.82) is 0 Å². The third-order valence-electron chi connectivity index (χ3n) is 5.71. The Morgan fingerprint density at radius 1 is 1.31 bits per heavy atom. The second kappa shape index (κ2) is 10.5. The molecule has 0 aliphatic carbocycles. The number of amides is 2. The van der Waals surface area contributed by atoms with Crippen molar-refractivity contribution in [1.82, 2.24) is 10.2 Å². The van der Waals surface area contributed by atoms with Gasteiger partial charge in [-0.2, -0.15) is 0 Å². The van der Waals surface area contributed by atoms with E-state index in [0.717, 1.165) is 0 Å². The molecular weight excluding hydrogens is 438 g/mol. The molecule has 3 atom stereocenters. The van der Waals surface area contributed by atoms with Crippen molar-refractivity contribution in [3.63, 3.8) is 0 Å². The number of hydrogen-bond donors (Lipinski definition) is 2. The van der Waals surface area contributed by atoms with E-state index in [-0.39, 0.29) is 48.8 Å². The number of fused-ring (bicyclic) bond motifs is 2. The molecule has 0 aromatic heterocycles. The molecule has 178 valence electrons. The van der Waals surface area contributed by atoms with Crippen LogP contribution in [0.3, 0.4) is 0 Å². The predicted molar refractivity (Wildman–Crippen MR) is 118 cm³/mol. The van der Waals surface area contributed by atoms with Crippen LogP contribution in [0.15, 0.2) is 18.2 Å². The number of nitrogens with one attached hydrogen (secondary N) is 2. The first-order chi connectivity index (χ1) is 15.2. The van der Waals surface area contributed by atoms with Gasteiger partial charge < -0.3 is 24.4 Å². The van der Waals surface area contributed by atoms with E-state index in [9.17, 15) is 18.0 Å². The van der Waals surface area contributed by atoms with Gasteiger partial charge in [-0.15, -0.1) is 0 Å². The Morgan fingerprint density at radius 2 is 2.09 bits per heavy atom. The molecule has 2 N–H and O–H groups in total. The Bertz CT molecular complexity index is 937. The van der Waals surface area contributed by atoms with E-state index in [1.165, 1.54) is 13.0 Å². The normalized spacial score (nSPS) is 23.3. The second-order valence-corrected chi connectivity index (χ2v) is 9.94. The number of sulfonamides is 1. The van der Waals surface area contributed by atoms with Gasteiger partial charge in [0.25, 0.3) is 5.91 Å². The first-order valence-corrected chi connectivity index (χ1v) is 12.3. The first kappa shape index (κ1) is 24.3. The van der Waals surface area contributed by atoms with Gasteiger partial charge in [-0.3, -0.25) is 14.3 Å². The van der Waals surface area contributed by atoms with E-state index >= 15 is 0 Å². The van der Waals surface area contributed by atoms with Gasteiger partial charge in [0.2, 0.25) is 15.9 Å². The minimum absolute atomic E-state index is 0.0684. The number of ether oxygens (including phenoxy) is 3. The summed E-state index contributed by atoms with van der Waals surface area (Å²) in [4.78, 5) is 26.9. The third kappa shape index (κ3) is 5.90. The van der Waals surface area contributed by atoms with Crippen LogP contribution in [0.2, 0.25) is 0 Å². The maximum absolute atomic E-state index is 13.2. The van der Waals surface area contributed by atoms with Gasteiger partial charge in [0, 0.05) is 26.4 Å². The van der Waals surface area contributed by atoms with Crippen LogP contribution in [0.1, 0.15) is 36.5 Å². The topological polar surface area (TPSA) is 123 Å². The van der Waals surface area contributed by atoms with E-state index in [2.05, 4.69) is 10.0 Å². The van der Waals surface area contributed by atoms with E-state index < -0.39 is 10.0 Å². The highest BCUT2D eigenvalue weighted by Gasteiger charge is 2.39. The molecule has 2 aliphatic heterocycles. The molecule has 0 radical (unpaired) electrons. The zero-order chi connectivity index (χ0) is 23.3. The van der Waals surface area contributed by atoms with E-state index in [1.807, 2.05) is 0 Å².